The van der Waals surface area contributed by atoms with E-state index in [1.807, 2.05) is 0 Å². The summed E-state index contributed by atoms with van der Waals surface area (Å²) in [6, 6.07) is 8.57. The first kappa shape index (κ1) is 17.6. The summed E-state index contributed by atoms with van der Waals surface area (Å²) in [5, 5.41) is 7.13. The van der Waals surface area contributed by atoms with Gasteiger partial charge in [0.2, 0.25) is 5.91 Å². The van der Waals surface area contributed by atoms with Gasteiger partial charge in [0.15, 0.2) is 0 Å². The third kappa shape index (κ3) is 5.39. The van der Waals surface area contributed by atoms with Crippen molar-refractivity contribution in [2.75, 3.05) is 19.6 Å². The van der Waals surface area contributed by atoms with E-state index in [1.54, 1.807) is 11.0 Å². The number of benzene rings is 1. The van der Waals surface area contributed by atoms with Crippen molar-refractivity contribution in [3.05, 3.63) is 48.0 Å². The minimum Gasteiger partial charge on any atom is -0.356 e. The van der Waals surface area contributed by atoms with Crippen LogP contribution in [0.3, 0.4) is 0 Å². The maximum absolute atomic E-state index is 12.0. The molecule has 1 saturated heterocycles. The Bertz CT molecular complexity index is 670. The summed E-state index contributed by atoms with van der Waals surface area (Å²) in [5.41, 5.74) is 2.76. The maximum atomic E-state index is 12.0. The van der Waals surface area contributed by atoms with E-state index in [4.69, 9.17) is 0 Å². The van der Waals surface area contributed by atoms with Crippen LogP contribution in [0.15, 0.2) is 36.9 Å². The van der Waals surface area contributed by atoms with E-state index in [0.717, 1.165) is 45.6 Å². The zero-order valence-electron chi connectivity index (χ0n) is 14.9. The van der Waals surface area contributed by atoms with Gasteiger partial charge in [0.25, 0.3) is 0 Å². The van der Waals surface area contributed by atoms with Crippen LogP contribution in [-0.2, 0) is 17.9 Å². The van der Waals surface area contributed by atoms with Gasteiger partial charge < -0.3 is 5.32 Å². The molecule has 6 heteroatoms. The van der Waals surface area contributed by atoms with E-state index < -0.39 is 0 Å². The Hall–Kier alpha value is -2.21. The molecule has 0 bridgehead atoms. The van der Waals surface area contributed by atoms with Gasteiger partial charge in [0, 0.05) is 32.6 Å². The molecular weight excluding hydrogens is 314 g/mol. The average molecular weight is 341 g/mol. The Morgan fingerprint density at radius 1 is 1.36 bits per heavy atom. The van der Waals surface area contributed by atoms with Gasteiger partial charge in [-0.2, -0.15) is 5.10 Å². The molecule has 0 aliphatic carbocycles. The standard InChI is InChI=1S/C19H27N5O/c1-16-5-2-3-6-18(16)13-23-10-8-17(12-23)11-21-19(25)7-4-9-24-15-20-14-22-24/h2-3,5-6,14-15,17H,4,7-13H2,1H3,(H,21,25)/t17-/m0/s1. The molecule has 1 aromatic carbocycles. The second-order valence-corrected chi connectivity index (χ2v) is 6.88. The average Bonchev–Trinajstić information content (AvgIpc) is 3.27. The van der Waals surface area contributed by atoms with Gasteiger partial charge in [-0.25, -0.2) is 4.98 Å². The molecule has 1 atom stereocenters. The molecule has 0 unspecified atom stereocenters. The van der Waals surface area contributed by atoms with Crippen LogP contribution in [0.2, 0.25) is 0 Å². The highest BCUT2D eigenvalue weighted by Crippen LogP contribution is 2.19. The number of likely N-dealkylation sites (tertiary alicyclic amines) is 1. The highest BCUT2D eigenvalue weighted by molar-refractivity contribution is 5.75. The van der Waals surface area contributed by atoms with Crippen LogP contribution in [0.5, 0.6) is 0 Å². The quantitative estimate of drug-likeness (QED) is 0.798. The van der Waals surface area contributed by atoms with Gasteiger partial charge in [-0.3, -0.25) is 14.4 Å². The molecule has 134 valence electrons. The van der Waals surface area contributed by atoms with Gasteiger partial charge in [0.05, 0.1) is 0 Å². The lowest BCUT2D eigenvalue weighted by Gasteiger charge is -2.17. The molecule has 0 radical (unpaired) electrons. The smallest absolute Gasteiger partial charge is 0.220 e. The topological polar surface area (TPSA) is 63.1 Å². The summed E-state index contributed by atoms with van der Waals surface area (Å²) >= 11 is 0. The number of nitrogens with one attached hydrogen (secondary N) is 1. The zero-order chi connectivity index (χ0) is 17.5. The molecule has 1 fully saturated rings. The summed E-state index contributed by atoms with van der Waals surface area (Å²) < 4.78 is 1.76. The van der Waals surface area contributed by atoms with Gasteiger partial charge >= 0.3 is 0 Å². The number of nitrogens with zero attached hydrogens (tertiary/aromatic N) is 4. The molecule has 1 amide bonds. The second-order valence-electron chi connectivity index (χ2n) is 6.88. The zero-order valence-corrected chi connectivity index (χ0v) is 14.9. The first-order chi connectivity index (χ1) is 12.2. The molecule has 25 heavy (non-hydrogen) atoms. The molecule has 2 aromatic rings. The van der Waals surface area contributed by atoms with E-state index in [1.165, 1.54) is 17.5 Å². The Morgan fingerprint density at radius 2 is 2.24 bits per heavy atom. The third-order valence-electron chi connectivity index (χ3n) is 4.87. The lowest BCUT2D eigenvalue weighted by molar-refractivity contribution is -0.121. The fraction of sp³-hybridized carbons (Fsp3) is 0.526. The monoisotopic (exact) mass is 341 g/mol. The molecular formula is C19H27N5O. The van der Waals surface area contributed by atoms with Crippen molar-refractivity contribution in [1.29, 1.82) is 0 Å². The highest BCUT2D eigenvalue weighted by Gasteiger charge is 2.23. The largest absolute Gasteiger partial charge is 0.356 e. The molecule has 0 spiro atoms. The Balaban J connectivity index is 1.33. The van der Waals surface area contributed by atoms with E-state index in [9.17, 15) is 4.79 Å². The maximum Gasteiger partial charge on any atom is 0.220 e. The molecule has 3 rings (SSSR count). The van der Waals surface area contributed by atoms with Gasteiger partial charge in [-0.15, -0.1) is 0 Å². The van der Waals surface area contributed by atoms with Crippen molar-refractivity contribution in [1.82, 2.24) is 25.0 Å². The third-order valence-corrected chi connectivity index (χ3v) is 4.87. The molecule has 2 heterocycles. The fourth-order valence-corrected chi connectivity index (χ4v) is 3.35. The Morgan fingerprint density at radius 3 is 3.04 bits per heavy atom. The first-order valence-corrected chi connectivity index (χ1v) is 9.06. The summed E-state index contributed by atoms with van der Waals surface area (Å²) in [4.78, 5) is 18.4. The van der Waals surface area contributed by atoms with Crippen LogP contribution in [-0.4, -0.2) is 45.2 Å². The number of rotatable bonds is 8. The number of carbonyl (C=O) groups is 1. The van der Waals surface area contributed by atoms with E-state index >= 15 is 0 Å². The summed E-state index contributed by atoms with van der Waals surface area (Å²) in [6.07, 6.45) is 5.69. The van der Waals surface area contributed by atoms with Crippen LogP contribution in [0, 0.1) is 12.8 Å². The number of aryl methyl sites for hydroxylation is 2. The van der Waals surface area contributed by atoms with Crippen LogP contribution < -0.4 is 5.32 Å². The fourth-order valence-electron chi connectivity index (χ4n) is 3.35. The second kappa shape index (κ2) is 8.76. The van der Waals surface area contributed by atoms with E-state index in [-0.39, 0.29) is 5.91 Å². The summed E-state index contributed by atoms with van der Waals surface area (Å²) in [7, 11) is 0. The molecule has 1 N–H and O–H groups in total. The minimum absolute atomic E-state index is 0.137. The molecule has 0 saturated carbocycles. The number of aromatic nitrogens is 3. The predicted octanol–water partition coefficient (Wildman–Crippen LogP) is 2.01. The Labute approximate surface area is 149 Å². The molecule has 1 aliphatic heterocycles. The van der Waals surface area contributed by atoms with Gasteiger partial charge in [0.1, 0.15) is 12.7 Å². The van der Waals surface area contributed by atoms with Crippen molar-refractivity contribution in [2.45, 2.75) is 39.3 Å². The van der Waals surface area contributed by atoms with E-state index in [2.05, 4.69) is 51.5 Å². The normalized spacial score (nSPS) is 17.7. The molecule has 6 nitrogen and oxygen atoms in total. The van der Waals surface area contributed by atoms with Crippen LogP contribution >= 0.6 is 0 Å². The van der Waals surface area contributed by atoms with Crippen LogP contribution in [0.25, 0.3) is 0 Å². The van der Waals surface area contributed by atoms with Crippen molar-refractivity contribution >= 4 is 5.91 Å². The minimum atomic E-state index is 0.137. The van der Waals surface area contributed by atoms with E-state index in [0.29, 0.717) is 12.3 Å². The van der Waals surface area contributed by atoms with Gasteiger partial charge in [-0.1, -0.05) is 24.3 Å². The van der Waals surface area contributed by atoms with Crippen molar-refractivity contribution in [3.8, 4) is 0 Å². The predicted molar refractivity (Wildman–Crippen MR) is 96.8 cm³/mol. The number of hydrogen-bond acceptors (Lipinski definition) is 4. The summed E-state index contributed by atoms with van der Waals surface area (Å²) in [6.45, 7) is 6.87. The van der Waals surface area contributed by atoms with Crippen LogP contribution in [0.4, 0.5) is 0 Å². The lowest BCUT2D eigenvalue weighted by Crippen LogP contribution is -2.31. The lowest BCUT2D eigenvalue weighted by atomic mass is 10.1. The number of amides is 1. The van der Waals surface area contributed by atoms with Crippen molar-refractivity contribution in [2.24, 2.45) is 5.92 Å². The van der Waals surface area contributed by atoms with Crippen molar-refractivity contribution in [3.63, 3.8) is 0 Å². The number of carbonyl (C=O) groups excluding carboxylic acids is 1. The van der Waals surface area contributed by atoms with Crippen LogP contribution in [0.1, 0.15) is 30.4 Å². The highest BCUT2D eigenvalue weighted by atomic mass is 16.1. The Kier molecular flexibility index (Phi) is 6.17. The van der Waals surface area contributed by atoms with Gasteiger partial charge in [-0.05, 0) is 43.4 Å². The van der Waals surface area contributed by atoms with Crippen molar-refractivity contribution < 1.29 is 4.79 Å². The first-order valence-electron chi connectivity index (χ1n) is 9.06. The SMILES string of the molecule is Cc1ccccc1CN1CC[C@@H](CNC(=O)CCCn2cncn2)C1. The summed E-state index contributed by atoms with van der Waals surface area (Å²) in [5.74, 6) is 0.695. The number of hydrogen-bond donors (Lipinski definition) is 1. The molecule has 1 aromatic heterocycles. The molecule has 1 aliphatic rings.